The van der Waals surface area contributed by atoms with Crippen molar-refractivity contribution in [3.8, 4) is 0 Å². The van der Waals surface area contributed by atoms with Crippen LogP contribution in [0.1, 0.15) is 24.8 Å². The number of halogens is 1. The van der Waals surface area contributed by atoms with Gasteiger partial charge >= 0.3 is 0 Å². The van der Waals surface area contributed by atoms with E-state index in [1.807, 2.05) is 37.3 Å². The Bertz CT molecular complexity index is 744. The van der Waals surface area contributed by atoms with Crippen LogP contribution in [-0.4, -0.2) is 25.3 Å². The molecule has 1 aliphatic rings. The van der Waals surface area contributed by atoms with Crippen LogP contribution >= 0.6 is 0 Å². The van der Waals surface area contributed by atoms with Gasteiger partial charge in [-0.2, -0.15) is 4.31 Å². The fraction of sp³-hybridized carbons (Fsp3) is 0.294. The van der Waals surface area contributed by atoms with Crippen LogP contribution in [0.2, 0.25) is 0 Å². The molecule has 0 bridgehead atoms. The van der Waals surface area contributed by atoms with Crippen molar-refractivity contribution in [3.63, 3.8) is 0 Å². The zero-order valence-electron chi connectivity index (χ0n) is 12.3. The zero-order valence-corrected chi connectivity index (χ0v) is 13.1. The molecule has 0 saturated carbocycles. The van der Waals surface area contributed by atoms with Gasteiger partial charge in [0.2, 0.25) is 10.0 Å². The molecule has 0 aromatic heterocycles. The highest BCUT2D eigenvalue weighted by Crippen LogP contribution is 2.35. The van der Waals surface area contributed by atoms with Crippen LogP contribution in [0.25, 0.3) is 0 Å². The highest BCUT2D eigenvalue weighted by molar-refractivity contribution is 7.89. The van der Waals surface area contributed by atoms with Gasteiger partial charge in [0.25, 0.3) is 0 Å². The molecule has 22 heavy (non-hydrogen) atoms. The van der Waals surface area contributed by atoms with E-state index in [2.05, 4.69) is 0 Å². The quantitative estimate of drug-likeness (QED) is 0.869. The molecule has 0 spiro atoms. The molecule has 0 radical (unpaired) electrons. The molecule has 0 aliphatic carbocycles. The first-order valence-electron chi connectivity index (χ1n) is 7.31. The van der Waals surface area contributed by atoms with Crippen LogP contribution in [0.15, 0.2) is 59.5 Å². The van der Waals surface area contributed by atoms with E-state index in [9.17, 15) is 12.8 Å². The van der Waals surface area contributed by atoms with Crippen LogP contribution in [0.4, 0.5) is 4.39 Å². The SMILES string of the molecule is CC1CC(c2ccccc2)CN1S(=O)(=O)c1ccc(F)cc1. The second-order valence-corrected chi connectivity index (χ2v) is 7.61. The molecular formula is C17H18FNO2S. The van der Waals surface area contributed by atoms with Crippen molar-refractivity contribution in [2.75, 3.05) is 6.54 Å². The number of nitrogens with zero attached hydrogens (tertiary/aromatic N) is 1. The third-order valence-corrected chi connectivity index (χ3v) is 6.20. The molecule has 2 aromatic rings. The maximum absolute atomic E-state index is 13.0. The van der Waals surface area contributed by atoms with E-state index in [1.54, 1.807) is 0 Å². The van der Waals surface area contributed by atoms with Crippen molar-refractivity contribution in [2.24, 2.45) is 0 Å². The minimum atomic E-state index is -3.58. The normalized spacial score (nSPS) is 22.8. The first kappa shape index (κ1) is 15.2. The molecule has 2 unspecified atom stereocenters. The van der Waals surface area contributed by atoms with Gasteiger partial charge in [0.05, 0.1) is 4.90 Å². The Morgan fingerprint density at radius 3 is 2.32 bits per heavy atom. The topological polar surface area (TPSA) is 37.4 Å². The molecule has 1 heterocycles. The van der Waals surface area contributed by atoms with Gasteiger partial charge < -0.3 is 0 Å². The Kier molecular flexibility index (Phi) is 4.02. The van der Waals surface area contributed by atoms with Crippen LogP contribution in [0, 0.1) is 5.82 Å². The maximum Gasteiger partial charge on any atom is 0.243 e. The van der Waals surface area contributed by atoms with Crippen molar-refractivity contribution in [1.82, 2.24) is 4.31 Å². The summed E-state index contributed by atoms with van der Waals surface area (Å²) in [5, 5.41) is 0. The molecule has 3 rings (SSSR count). The standard InChI is InChI=1S/C17H18FNO2S/c1-13-11-15(14-5-3-2-4-6-14)12-19(13)22(20,21)17-9-7-16(18)8-10-17/h2-10,13,15H,11-12H2,1H3. The van der Waals surface area contributed by atoms with Gasteiger partial charge in [0.15, 0.2) is 0 Å². The highest BCUT2D eigenvalue weighted by Gasteiger charge is 2.38. The zero-order chi connectivity index (χ0) is 15.7. The summed E-state index contributed by atoms with van der Waals surface area (Å²) in [5.74, 6) is -0.234. The van der Waals surface area contributed by atoms with Crippen molar-refractivity contribution < 1.29 is 12.8 Å². The smallest absolute Gasteiger partial charge is 0.207 e. The van der Waals surface area contributed by atoms with E-state index in [1.165, 1.54) is 28.6 Å². The molecule has 1 fully saturated rings. The minimum Gasteiger partial charge on any atom is -0.207 e. The van der Waals surface area contributed by atoms with E-state index < -0.39 is 15.8 Å². The molecule has 116 valence electrons. The predicted octanol–water partition coefficient (Wildman–Crippen LogP) is 3.39. The highest BCUT2D eigenvalue weighted by atomic mass is 32.2. The fourth-order valence-electron chi connectivity index (χ4n) is 3.04. The second kappa shape index (κ2) is 5.82. The summed E-state index contributed by atoms with van der Waals surface area (Å²) in [6.07, 6.45) is 0.796. The number of sulfonamides is 1. The molecule has 3 nitrogen and oxygen atoms in total. The van der Waals surface area contributed by atoms with Crippen molar-refractivity contribution in [3.05, 3.63) is 66.0 Å². The molecule has 1 aliphatic heterocycles. The monoisotopic (exact) mass is 319 g/mol. The summed E-state index contributed by atoms with van der Waals surface area (Å²) in [6, 6.07) is 14.9. The molecule has 2 atom stereocenters. The maximum atomic E-state index is 13.0. The second-order valence-electron chi connectivity index (χ2n) is 5.72. The van der Waals surface area contributed by atoms with Gasteiger partial charge in [0.1, 0.15) is 5.82 Å². The molecule has 5 heteroatoms. The Morgan fingerprint density at radius 2 is 1.68 bits per heavy atom. The van der Waals surface area contributed by atoms with Gasteiger partial charge in [-0.3, -0.25) is 0 Å². The van der Waals surface area contributed by atoms with Crippen LogP contribution in [-0.2, 0) is 10.0 Å². The summed E-state index contributed by atoms with van der Waals surface area (Å²) in [5.41, 5.74) is 1.16. The summed E-state index contributed by atoms with van der Waals surface area (Å²) in [6.45, 7) is 2.38. The van der Waals surface area contributed by atoms with Gasteiger partial charge in [-0.25, -0.2) is 12.8 Å². The molecule has 0 N–H and O–H groups in total. The van der Waals surface area contributed by atoms with E-state index in [0.717, 1.165) is 12.0 Å². The molecule has 0 amide bonds. The van der Waals surface area contributed by atoms with Crippen molar-refractivity contribution in [2.45, 2.75) is 30.2 Å². The minimum absolute atomic E-state index is 0.0692. The molecular weight excluding hydrogens is 301 g/mol. The molecule has 2 aromatic carbocycles. The summed E-state index contributed by atoms with van der Waals surface area (Å²) < 4.78 is 40.0. The van der Waals surface area contributed by atoms with Crippen molar-refractivity contribution >= 4 is 10.0 Å². The number of hydrogen-bond acceptors (Lipinski definition) is 2. The first-order valence-corrected chi connectivity index (χ1v) is 8.75. The van der Waals surface area contributed by atoms with E-state index in [4.69, 9.17) is 0 Å². The van der Waals surface area contributed by atoms with Gasteiger partial charge in [-0.1, -0.05) is 30.3 Å². The lowest BCUT2D eigenvalue weighted by Gasteiger charge is -2.21. The van der Waals surface area contributed by atoms with E-state index in [-0.39, 0.29) is 16.9 Å². The van der Waals surface area contributed by atoms with E-state index >= 15 is 0 Å². The lowest BCUT2D eigenvalue weighted by Crippen LogP contribution is -2.33. The lowest BCUT2D eigenvalue weighted by molar-refractivity contribution is 0.407. The average molecular weight is 319 g/mol. The number of hydrogen-bond donors (Lipinski definition) is 0. The third kappa shape index (κ3) is 2.78. The van der Waals surface area contributed by atoms with Gasteiger partial charge in [-0.15, -0.1) is 0 Å². The molecule has 1 saturated heterocycles. The Morgan fingerprint density at radius 1 is 1.05 bits per heavy atom. The Balaban J connectivity index is 1.87. The summed E-state index contributed by atoms with van der Waals surface area (Å²) in [4.78, 5) is 0.148. The Hall–Kier alpha value is -1.72. The van der Waals surface area contributed by atoms with Crippen LogP contribution in [0.5, 0.6) is 0 Å². The third-order valence-electron chi connectivity index (χ3n) is 4.21. The van der Waals surface area contributed by atoms with Crippen LogP contribution in [0.3, 0.4) is 0 Å². The summed E-state index contributed by atoms with van der Waals surface area (Å²) in [7, 11) is -3.58. The predicted molar refractivity (Wildman–Crippen MR) is 83.6 cm³/mol. The average Bonchev–Trinajstić information content (AvgIpc) is 2.91. The fourth-order valence-corrected chi connectivity index (χ4v) is 4.73. The van der Waals surface area contributed by atoms with Gasteiger partial charge in [0, 0.05) is 12.6 Å². The number of rotatable bonds is 3. The first-order chi connectivity index (χ1) is 10.5. The number of benzene rings is 2. The van der Waals surface area contributed by atoms with Crippen LogP contribution < -0.4 is 0 Å². The van der Waals surface area contributed by atoms with E-state index in [0.29, 0.717) is 6.54 Å². The van der Waals surface area contributed by atoms with Crippen molar-refractivity contribution in [1.29, 1.82) is 0 Å². The van der Waals surface area contributed by atoms with Gasteiger partial charge in [-0.05, 0) is 49.1 Å². The summed E-state index contributed by atoms with van der Waals surface area (Å²) >= 11 is 0. The lowest BCUT2D eigenvalue weighted by atomic mass is 9.97. The Labute approximate surface area is 130 Å². The largest absolute Gasteiger partial charge is 0.243 e.